The van der Waals surface area contributed by atoms with Gasteiger partial charge in [0.25, 0.3) is 0 Å². The van der Waals surface area contributed by atoms with Crippen LogP contribution in [0.4, 0.5) is 0 Å². The summed E-state index contributed by atoms with van der Waals surface area (Å²) in [5.41, 5.74) is 0. The lowest BCUT2D eigenvalue weighted by Crippen LogP contribution is -2.46. The lowest BCUT2D eigenvalue weighted by atomic mass is 9.96. The summed E-state index contributed by atoms with van der Waals surface area (Å²) >= 11 is 4.53. The largest absolute Gasteiger partial charge is 0.355 e. The first-order valence-electron chi connectivity index (χ1n) is 7.91. The van der Waals surface area contributed by atoms with Gasteiger partial charge in [-0.15, -0.1) is 11.7 Å². The third-order valence-electron chi connectivity index (χ3n) is 3.78. The van der Waals surface area contributed by atoms with Gasteiger partial charge in [0, 0.05) is 37.3 Å². The monoisotopic (exact) mass is 349 g/mol. The summed E-state index contributed by atoms with van der Waals surface area (Å²) in [4.78, 5) is 26.0. The average Bonchev–Trinajstić information content (AvgIpc) is 2.43. The second-order valence-electron chi connectivity index (χ2n) is 6.67. The second kappa shape index (κ2) is 9.03. The standard InChI is InChI=1S/C15H31N3O2S2/c1-12(2)17-11-14(19)18-8-5-13(6-9-18)15(20)16-7-10-22(3,4)21/h12-13,17,21H,5-11H2,1-4H3,(H,16,20). The van der Waals surface area contributed by atoms with Gasteiger partial charge in [-0.2, -0.15) is 9.06 Å². The molecule has 5 nitrogen and oxygen atoms in total. The minimum absolute atomic E-state index is 0.0418. The smallest absolute Gasteiger partial charge is 0.236 e. The maximum atomic E-state index is 12.1. The number of rotatable bonds is 7. The molecule has 1 saturated heterocycles. The zero-order valence-corrected chi connectivity index (χ0v) is 15.9. The maximum absolute atomic E-state index is 12.1. The predicted molar refractivity (Wildman–Crippen MR) is 98.7 cm³/mol. The van der Waals surface area contributed by atoms with Gasteiger partial charge in [-0.25, -0.2) is 0 Å². The van der Waals surface area contributed by atoms with E-state index in [4.69, 9.17) is 0 Å². The van der Waals surface area contributed by atoms with E-state index in [1.807, 2.05) is 18.7 Å². The van der Waals surface area contributed by atoms with Crippen LogP contribution in [0.15, 0.2) is 0 Å². The van der Waals surface area contributed by atoms with Crippen molar-refractivity contribution in [3.05, 3.63) is 0 Å². The Hall–Kier alpha value is -0.400. The second-order valence-corrected chi connectivity index (χ2v) is 13.0. The Bertz CT molecular complexity index is 375. The van der Waals surface area contributed by atoms with Gasteiger partial charge < -0.3 is 15.5 Å². The van der Waals surface area contributed by atoms with E-state index in [-0.39, 0.29) is 17.7 Å². The van der Waals surface area contributed by atoms with Gasteiger partial charge in [-0.3, -0.25) is 9.59 Å². The van der Waals surface area contributed by atoms with Gasteiger partial charge in [-0.05, 0) is 25.4 Å². The molecule has 1 rings (SSSR count). The number of nitrogens with one attached hydrogen (secondary N) is 2. The van der Waals surface area contributed by atoms with Crippen LogP contribution in [0.1, 0.15) is 26.7 Å². The van der Waals surface area contributed by atoms with Gasteiger partial charge in [-0.1, -0.05) is 13.8 Å². The van der Waals surface area contributed by atoms with Gasteiger partial charge in [0.2, 0.25) is 11.8 Å². The number of likely N-dealkylation sites (tertiary alicyclic amines) is 1. The summed E-state index contributed by atoms with van der Waals surface area (Å²) < 4.78 is 0. The molecule has 0 spiro atoms. The van der Waals surface area contributed by atoms with Crippen molar-refractivity contribution in [2.45, 2.75) is 32.7 Å². The van der Waals surface area contributed by atoms with Crippen molar-refractivity contribution in [2.75, 3.05) is 44.4 Å². The molecule has 0 bridgehead atoms. The van der Waals surface area contributed by atoms with Gasteiger partial charge in [0.15, 0.2) is 0 Å². The zero-order valence-electron chi connectivity index (χ0n) is 14.2. The molecule has 1 fully saturated rings. The summed E-state index contributed by atoms with van der Waals surface area (Å²) in [6.07, 6.45) is 5.77. The Kier molecular flexibility index (Phi) is 8.07. The Balaban J connectivity index is 2.26. The molecule has 2 amide bonds. The molecule has 130 valence electrons. The van der Waals surface area contributed by atoms with Gasteiger partial charge >= 0.3 is 0 Å². The maximum Gasteiger partial charge on any atom is 0.236 e. The Morgan fingerprint density at radius 1 is 1.27 bits per heavy atom. The summed E-state index contributed by atoms with van der Waals surface area (Å²) in [6.45, 7) is 6.49. The van der Waals surface area contributed by atoms with Crippen molar-refractivity contribution in [3.8, 4) is 0 Å². The number of hydrogen-bond acceptors (Lipinski definition) is 4. The summed E-state index contributed by atoms with van der Waals surface area (Å²) in [6, 6.07) is 0.311. The van der Waals surface area contributed by atoms with E-state index in [0.717, 1.165) is 18.6 Å². The van der Waals surface area contributed by atoms with E-state index in [2.05, 4.69) is 34.8 Å². The average molecular weight is 350 g/mol. The fourth-order valence-electron chi connectivity index (χ4n) is 2.36. The number of carbonyl (C=O) groups excluding carboxylic acids is 2. The van der Waals surface area contributed by atoms with Crippen molar-refractivity contribution in [2.24, 2.45) is 5.92 Å². The van der Waals surface area contributed by atoms with E-state index in [9.17, 15) is 9.59 Å². The minimum Gasteiger partial charge on any atom is -0.355 e. The highest BCUT2D eigenvalue weighted by molar-refractivity contribution is 8.87. The number of amides is 2. The molecule has 0 saturated carbocycles. The van der Waals surface area contributed by atoms with Crippen LogP contribution in [0.3, 0.4) is 0 Å². The Morgan fingerprint density at radius 2 is 1.86 bits per heavy atom. The van der Waals surface area contributed by atoms with Crippen LogP contribution in [0, 0.1) is 5.92 Å². The molecule has 1 heterocycles. The van der Waals surface area contributed by atoms with Crippen LogP contribution in [-0.2, 0) is 9.59 Å². The van der Waals surface area contributed by atoms with Crippen molar-refractivity contribution in [1.29, 1.82) is 0 Å². The first-order chi connectivity index (χ1) is 10.2. The molecule has 1 aliphatic heterocycles. The molecule has 0 unspecified atom stereocenters. The predicted octanol–water partition coefficient (Wildman–Crippen LogP) is 1.25. The van der Waals surface area contributed by atoms with Crippen molar-refractivity contribution < 1.29 is 9.59 Å². The third-order valence-corrected chi connectivity index (χ3v) is 5.53. The van der Waals surface area contributed by atoms with Crippen LogP contribution in [0.2, 0.25) is 0 Å². The molecule has 0 atom stereocenters. The highest BCUT2D eigenvalue weighted by atomic mass is 33.1. The quantitative estimate of drug-likeness (QED) is 0.479. The molecule has 0 aromatic rings. The number of piperidine rings is 1. The molecule has 0 aromatic heterocycles. The number of thiol groups is 1. The molecule has 1 aliphatic rings. The molecule has 22 heavy (non-hydrogen) atoms. The lowest BCUT2D eigenvalue weighted by molar-refractivity contribution is -0.134. The molecule has 2 N–H and O–H groups in total. The number of carbonyl (C=O) groups is 2. The molecule has 7 heteroatoms. The SMILES string of the molecule is CC(C)NCC(=O)N1CCC(C(=O)NCCS(C)(C)S)CC1. The molecular formula is C15H31N3O2S2. The van der Waals surface area contributed by atoms with Crippen molar-refractivity contribution in [1.82, 2.24) is 15.5 Å². The van der Waals surface area contributed by atoms with Crippen LogP contribution in [0.5, 0.6) is 0 Å². The lowest BCUT2D eigenvalue weighted by Gasteiger charge is -2.32. The van der Waals surface area contributed by atoms with E-state index in [1.54, 1.807) is 0 Å². The topological polar surface area (TPSA) is 61.4 Å². The van der Waals surface area contributed by atoms with E-state index >= 15 is 0 Å². The van der Waals surface area contributed by atoms with Crippen LogP contribution >= 0.6 is 20.7 Å². The first kappa shape index (κ1) is 19.6. The normalized spacial score (nSPS) is 17.6. The Morgan fingerprint density at radius 3 is 2.36 bits per heavy atom. The first-order valence-corrected chi connectivity index (χ1v) is 11.6. The zero-order chi connectivity index (χ0) is 16.8. The van der Waals surface area contributed by atoms with E-state index in [0.29, 0.717) is 32.2 Å². The highest BCUT2D eigenvalue weighted by Crippen LogP contribution is 2.43. The third kappa shape index (κ3) is 7.74. The van der Waals surface area contributed by atoms with Gasteiger partial charge in [0.05, 0.1) is 6.54 Å². The van der Waals surface area contributed by atoms with Crippen LogP contribution in [0.25, 0.3) is 0 Å². The summed E-state index contributed by atoms with van der Waals surface area (Å²) in [7, 11) is -0.864. The molecule has 0 radical (unpaired) electrons. The Labute approximate surface area is 141 Å². The van der Waals surface area contributed by atoms with Crippen molar-refractivity contribution >= 4 is 32.5 Å². The van der Waals surface area contributed by atoms with E-state index < -0.39 is 9.06 Å². The van der Waals surface area contributed by atoms with Crippen molar-refractivity contribution in [3.63, 3.8) is 0 Å². The fourth-order valence-corrected chi connectivity index (χ4v) is 3.24. The van der Waals surface area contributed by atoms with E-state index in [1.165, 1.54) is 0 Å². The molecule has 0 aromatic carbocycles. The summed E-state index contributed by atoms with van der Waals surface area (Å²) in [5.74, 6) is 1.23. The van der Waals surface area contributed by atoms with Gasteiger partial charge in [0.1, 0.15) is 0 Å². The molecule has 0 aliphatic carbocycles. The molecular weight excluding hydrogens is 318 g/mol. The number of hydrogen-bond donors (Lipinski definition) is 3. The summed E-state index contributed by atoms with van der Waals surface area (Å²) in [5, 5.41) is 6.15. The minimum atomic E-state index is -0.864. The fraction of sp³-hybridized carbons (Fsp3) is 0.867. The highest BCUT2D eigenvalue weighted by Gasteiger charge is 2.27. The van der Waals surface area contributed by atoms with Crippen LogP contribution in [-0.4, -0.2) is 67.2 Å². The number of nitrogens with zero attached hydrogens (tertiary/aromatic N) is 1. The van der Waals surface area contributed by atoms with Crippen LogP contribution < -0.4 is 10.6 Å².